The van der Waals surface area contributed by atoms with Crippen LogP contribution in [0.25, 0.3) is 11.6 Å². The molecule has 0 aliphatic heterocycles. The third-order valence-electron chi connectivity index (χ3n) is 3.55. The topological polar surface area (TPSA) is 72.8 Å². The Kier molecular flexibility index (Phi) is 7.64. The van der Waals surface area contributed by atoms with E-state index in [0.29, 0.717) is 29.4 Å². The zero-order valence-corrected chi connectivity index (χ0v) is 15.3. The van der Waals surface area contributed by atoms with Crippen molar-refractivity contribution < 1.29 is 24.2 Å². The van der Waals surface area contributed by atoms with Crippen LogP contribution in [0, 0.1) is 0 Å². The van der Waals surface area contributed by atoms with Crippen LogP contribution in [0.3, 0.4) is 0 Å². The van der Waals surface area contributed by atoms with Gasteiger partial charge in [-0.25, -0.2) is 9.59 Å². The Morgan fingerprint density at radius 3 is 2.30 bits per heavy atom. The van der Waals surface area contributed by atoms with Gasteiger partial charge in [-0.1, -0.05) is 42.4 Å². The van der Waals surface area contributed by atoms with E-state index in [2.05, 4.69) is 6.58 Å². The molecule has 0 atom stereocenters. The summed E-state index contributed by atoms with van der Waals surface area (Å²) in [5, 5.41) is 10.1. The first-order valence-electron chi connectivity index (χ1n) is 8.22. The van der Waals surface area contributed by atoms with Crippen LogP contribution in [0.1, 0.15) is 17.5 Å². The van der Waals surface area contributed by atoms with Crippen molar-refractivity contribution in [2.45, 2.75) is 6.42 Å². The molecule has 0 spiro atoms. The van der Waals surface area contributed by atoms with Gasteiger partial charge in [0, 0.05) is 17.5 Å². The molecular weight excluding hydrogens is 368 g/mol. The van der Waals surface area contributed by atoms with Crippen LogP contribution in [-0.4, -0.2) is 30.3 Å². The highest BCUT2D eigenvalue weighted by molar-refractivity contribution is 6.30. The van der Waals surface area contributed by atoms with Crippen LogP contribution in [0.2, 0.25) is 5.02 Å². The lowest BCUT2D eigenvalue weighted by molar-refractivity contribution is -0.138. The quantitative estimate of drug-likeness (QED) is 0.298. The van der Waals surface area contributed by atoms with E-state index >= 15 is 0 Å². The number of benzene rings is 2. The van der Waals surface area contributed by atoms with Gasteiger partial charge in [0.2, 0.25) is 0 Å². The van der Waals surface area contributed by atoms with E-state index in [9.17, 15) is 14.7 Å². The van der Waals surface area contributed by atoms with Gasteiger partial charge in [0.25, 0.3) is 0 Å². The Bertz CT molecular complexity index is 823. The third-order valence-corrected chi connectivity index (χ3v) is 3.80. The smallest absolute Gasteiger partial charge is 0.336 e. The maximum Gasteiger partial charge on any atom is 0.336 e. The number of rotatable bonds is 9. The van der Waals surface area contributed by atoms with Gasteiger partial charge in [-0.3, -0.25) is 0 Å². The number of hydrogen-bond donors (Lipinski definition) is 1. The van der Waals surface area contributed by atoms with Gasteiger partial charge in [0.1, 0.15) is 5.75 Å². The van der Waals surface area contributed by atoms with Gasteiger partial charge in [-0.15, -0.1) is 0 Å². The minimum atomic E-state index is -1.03. The number of ether oxygens (including phenoxy) is 2. The van der Waals surface area contributed by atoms with E-state index < -0.39 is 11.9 Å². The first-order chi connectivity index (χ1) is 13.0. The second kappa shape index (κ2) is 10.2. The number of hydrogen-bond acceptors (Lipinski definition) is 4. The van der Waals surface area contributed by atoms with Crippen molar-refractivity contribution in [3.05, 3.63) is 77.3 Å². The number of esters is 1. The van der Waals surface area contributed by atoms with E-state index in [1.807, 2.05) is 0 Å². The lowest BCUT2D eigenvalue weighted by Gasteiger charge is -2.08. The minimum Gasteiger partial charge on any atom is -0.493 e. The molecule has 0 aromatic heterocycles. The van der Waals surface area contributed by atoms with E-state index in [4.69, 9.17) is 21.1 Å². The Morgan fingerprint density at radius 1 is 1.04 bits per heavy atom. The van der Waals surface area contributed by atoms with E-state index in [-0.39, 0.29) is 12.2 Å². The molecule has 0 amide bonds. The normalized spacial score (nSPS) is 10.9. The number of carbonyl (C=O) groups is 2. The summed E-state index contributed by atoms with van der Waals surface area (Å²) < 4.78 is 10.4. The van der Waals surface area contributed by atoms with Crippen molar-refractivity contribution in [2.75, 3.05) is 13.2 Å². The molecule has 0 aliphatic carbocycles. The van der Waals surface area contributed by atoms with Crippen LogP contribution in [0.15, 0.2) is 61.2 Å². The molecule has 0 unspecified atom stereocenters. The van der Waals surface area contributed by atoms with E-state index in [1.54, 1.807) is 54.6 Å². The highest BCUT2D eigenvalue weighted by atomic mass is 35.5. The summed E-state index contributed by atoms with van der Waals surface area (Å²) in [5.74, 6) is -0.888. The summed E-state index contributed by atoms with van der Waals surface area (Å²) in [7, 11) is 0. The molecular formula is C21H19ClO5. The van der Waals surface area contributed by atoms with Gasteiger partial charge in [-0.05, 0) is 41.5 Å². The Hall–Kier alpha value is -3.05. The molecule has 0 heterocycles. The summed E-state index contributed by atoms with van der Waals surface area (Å²) in [6, 6.07) is 13.7. The van der Waals surface area contributed by atoms with Crippen molar-refractivity contribution in [3.63, 3.8) is 0 Å². The van der Waals surface area contributed by atoms with Gasteiger partial charge >= 0.3 is 11.9 Å². The molecule has 5 nitrogen and oxygen atoms in total. The van der Waals surface area contributed by atoms with Crippen molar-refractivity contribution in [1.82, 2.24) is 0 Å². The maximum absolute atomic E-state index is 11.6. The SMILES string of the molecule is C=CC(=O)OCCCOc1ccc(/C(=C\c2ccc(Cl)cc2)C(=O)O)cc1. The maximum atomic E-state index is 11.6. The predicted molar refractivity (Wildman–Crippen MR) is 105 cm³/mol. The molecule has 2 rings (SSSR count). The van der Waals surface area contributed by atoms with Gasteiger partial charge in [0.15, 0.2) is 0 Å². The molecule has 1 N–H and O–H groups in total. The number of carboxylic acids is 1. The largest absolute Gasteiger partial charge is 0.493 e. The summed E-state index contributed by atoms with van der Waals surface area (Å²) in [4.78, 5) is 22.5. The highest BCUT2D eigenvalue weighted by Crippen LogP contribution is 2.22. The molecule has 0 radical (unpaired) electrons. The Labute approximate surface area is 162 Å². The standard InChI is InChI=1S/C21H19ClO5/c1-2-20(23)27-13-3-12-26-18-10-6-16(7-11-18)19(21(24)25)14-15-4-8-17(22)9-5-15/h2,4-11,14H,1,3,12-13H2,(H,24,25)/b19-14+. The first kappa shape index (κ1) is 20.3. The molecule has 140 valence electrons. The Morgan fingerprint density at radius 2 is 1.70 bits per heavy atom. The number of aliphatic carboxylic acids is 1. The minimum absolute atomic E-state index is 0.167. The predicted octanol–water partition coefficient (Wildman–Crippen LogP) is 4.46. The first-order valence-corrected chi connectivity index (χ1v) is 8.60. The molecule has 6 heteroatoms. The van der Waals surface area contributed by atoms with Crippen LogP contribution < -0.4 is 4.74 Å². The fourth-order valence-corrected chi connectivity index (χ4v) is 2.33. The second-order valence-corrected chi connectivity index (χ2v) is 5.95. The third kappa shape index (κ3) is 6.64. The molecule has 0 fully saturated rings. The van der Waals surface area contributed by atoms with Crippen LogP contribution in [-0.2, 0) is 14.3 Å². The highest BCUT2D eigenvalue weighted by Gasteiger charge is 2.11. The number of halogens is 1. The van der Waals surface area contributed by atoms with E-state index in [1.165, 1.54) is 0 Å². The molecule has 0 aliphatic rings. The summed E-state index contributed by atoms with van der Waals surface area (Å²) in [5.41, 5.74) is 1.47. The average Bonchev–Trinajstić information content (AvgIpc) is 2.67. The lowest BCUT2D eigenvalue weighted by atomic mass is 10.0. The van der Waals surface area contributed by atoms with Crippen molar-refractivity contribution in [1.29, 1.82) is 0 Å². The Balaban J connectivity index is 1.99. The number of carboxylic acid groups (broad SMARTS) is 1. The molecule has 27 heavy (non-hydrogen) atoms. The average molecular weight is 387 g/mol. The molecule has 2 aromatic carbocycles. The number of carbonyl (C=O) groups excluding carboxylic acids is 1. The van der Waals surface area contributed by atoms with Crippen LogP contribution in [0.4, 0.5) is 0 Å². The van der Waals surface area contributed by atoms with Crippen molar-refractivity contribution in [3.8, 4) is 5.75 Å². The fraction of sp³-hybridized carbons (Fsp3) is 0.143. The summed E-state index contributed by atoms with van der Waals surface area (Å²) in [6.07, 6.45) is 3.23. The van der Waals surface area contributed by atoms with Crippen LogP contribution >= 0.6 is 11.6 Å². The molecule has 0 saturated carbocycles. The molecule has 0 bridgehead atoms. The lowest BCUT2D eigenvalue weighted by Crippen LogP contribution is -2.06. The fourth-order valence-electron chi connectivity index (χ4n) is 2.21. The van der Waals surface area contributed by atoms with Gasteiger partial charge in [0.05, 0.1) is 18.8 Å². The zero-order chi connectivity index (χ0) is 19.6. The van der Waals surface area contributed by atoms with Gasteiger partial charge in [-0.2, -0.15) is 0 Å². The molecule has 2 aromatic rings. The van der Waals surface area contributed by atoms with Crippen molar-refractivity contribution >= 4 is 35.2 Å². The van der Waals surface area contributed by atoms with E-state index in [0.717, 1.165) is 11.6 Å². The van der Waals surface area contributed by atoms with Crippen LogP contribution in [0.5, 0.6) is 5.75 Å². The summed E-state index contributed by atoms with van der Waals surface area (Å²) in [6.45, 7) is 3.93. The monoisotopic (exact) mass is 386 g/mol. The zero-order valence-electron chi connectivity index (χ0n) is 14.6. The van der Waals surface area contributed by atoms with Crippen molar-refractivity contribution in [2.24, 2.45) is 0 Å². The molecule has 0 saturated heterocycles. The van der Waals surface area contributed by atoms with Gasteiger partial charge < -0.3 is 14.6 Å². The summed E-state index contributed by atoms with van der Waals surface area (Å²) >= 11 is 5.85. The second-order valence-electron chi connectivity index (χ2n) is 5.51.